The molecule has 0 saturated heterocycles. The largest absolute Gasteiger partial charge is 0.348 e. The lowest BCUT2D eigenvalue weighted by Crippen LogP contribution is -2.44. The maximum atomic E-state index is 11.8. The molecule has 0 aliphatic carbocycles. The molecule has 17 heavy (non-hydrogen) atoms. The molecule has 1 aromatic carbocycles. The molecule has 1 aromatic rings. The fourth-order valence-corrected chi connectivity index (χ4v) is 1.76. The van der Waals surface area contributed by atoms with Crippen LogP contribution in [0.5, 0.6) is 0 Å². The fraction of sp³-hybridized carbons (Fsp3) is 0.500. The van der Waals surface area contributed by atoms with Crippen LogP contribution < -0.4 is 11.1 Å². The molecule has 0 heterocycles. The highest BCUT2D eigenvalue weighted by Crippen LogP contribution is 2.16. The molecule has 0 fully saturated rings. The normalized spacial score (nSPS) is 14.5. The van der Waals surface area contributed by atoms with E-state index < -0.39 is 6.04 Å². The third-order valence-electron chi connectivity index (χ3n) is 3.03. The topological polar surface area (TPSA) is 55.1 Å². The first-order chi connectivity index (χ1) is 7.93. The quantitative estimate of drug-likeness (QED) is 0.838. The number of carbonyl (C=O) groups is 1. The Morgan fingerprint density at radius 1 is 1.24 bits per heavy atom. The van der Waals surface area contributed by atoms with Crippen molar-refractivity contribution < 1.29 is 4.79 Å². The zero-order chi connectivity index (χ0) is 13.0. The van der Waals surface area contributed by atoms with Crippen molar-refractivity contribution in [3.05, 3.63) is 35.4 Å². The summed E-state index contributed by atoms with van der Waals surface area (Å²) in [5, 5.41) is 2.95. The molecule has 3 N–H and O–H groups in total. The second kappa shape index (κ2) is 5.82. The number of aryl methyl sites for hydroxylation is 1. The maximum absolute atomic E-state index is 11.8. The van der Waals surface area contributed by atoms with Gasteiger partial charge < -0.3 is 11.1 Å². The van der Waals surface area contributed by atoms with Gasteiger partial charge in [0.15, 0.2) is 0 Å². The molecule has 0 saturated carbocycles. The van der Waals surface area contributed by atoms with E-state index in [1.165, 1.54) is 5.56 Å². The summed E-state index contributed by atoms with van der Waals surface area (Å²) in [6, 6.07) is 7.59. The van der Waals surface area contributed by atoms with Gasteiger partial charge in [-0.15, -0.1) is 0 Å². The van der Waals surface area contributed by atoms with Gasteiger partial charge in [0.1, 0.15) is 0 Å². The molecule has 2 atom stereocenters. The average Bonchev–Trinajstić information content (AvgIpc) is 2.28. The summed E-state index contributed by atoms with van der Waals surface area (Å²) in [5.41, 5.74) is 8.13. The lowest BCUT2D eigenvalue weighted by atomic mass is 10.0. The smallest absolute Gasteiger partial charge is 0.237 e. The number of rotatable bonds is 4. The standard InChI is InChI=1S/C14H22N2O/c1-9(2)13(15)14(17)16-11(4)12-8-6-5-7-10(12)3/h5-9,11,13H,15H2,1-4H3,(H,16,17)/t11-,13+/m0/s1. The highest BCUT2D eigenvalue weighted by Gasteiger charge is 2.19. The zero-order valence-electron chi connectivity index (χ0n) is 11.0. The van der Waals surface area contributed by atoms with Crippen LogP contribution in [0, 0.1) is 12.8 Å². The van der Waals surface area contributed by atoms with E-state index in [9.17, 15) is 4.79 Å². The van der Waals surface area contributed by atoms with Gasteiger partial charge in [0, 0.05) is 0 Å². The van der Waals surface area contributed by atoms with Crippen LogP contribution in [0.3, 0.4) is 0 Å². The molecular formula is C14H22N2O. The van der Waals surface area contributed by atoms with Gasteiger partial charge in [-0.05, 0) is 30.9 Å². The minimum absolute atomic E-state index is 0.00602. The first kappa shape index (κ1) is 13.7. The molecule has 1 amide bonds. The summed E-state index contributed by atoms with van der Waals surface area (Å²) < 4.78 is 0. The van der Waals surface area contributed by atoms with E-state index in [1.807, 2.05) is 52.0 Å². The van der Waals surface area contributed by atoms with Crippen molar-refractivity contribution in [3.8, 4) is 0 Å². The Kier molecular flexibility index (Phi) is 4.70. The highest BCUT2D eigenvalue weighted by atomic mass is 16.2. The molecule has 3 nitrogen and oxygen atoms in total. The van der Waals surface area contributed by atoms with E-state index >= 15 is 0 Å². The average molecular weight is 234 g/mol. The van der Waals surface area contributed by atoms with Gasteiger partial charge in [-0.3, -0.25) is 4.79 Å². The van der Waals surface area contributed by atoms with Gasteiger partial charge in [-0.1, -0.05) is 38.1 Å². The molecule has 0 unspecified atom stereocenters. The van der Waals surface area contributed by atoms with Gasteiger partial charge in [0.2, 0.25) is 5.91 Å². The molecule has 94 valence electrons. The van der Waals surface area contributed by atoms with Crippen molar-refractivity contribution in [2.75, 3.05) is 0 Å². The van der Waals surface area contributed by atoms with E-state index in [1.54, 1.807) is 0 Å². The van der Waals surface area contributed by atoms with E-state index in [2.05, 4.69) is 5.32 Å². The van der Waals surface area contributed by atoms with Crippen molar-refractivity contribution in [1.29, 1.82) is 0 Å². The van der Waals surface area contributed by atoms with Gasteiger partial charge in [-0.25, -0.2) is 0 Å². The third kappa shape index (κ3) is 3.56. The molecular weight excluding hydrogens is 212 g/mol. The highest BCUT2D eigenvalue weighted by molar-refractivity contribution is 5.82. The summed E-state index contributed by atoms with van der Waals surface area (Å²) >= 11 is 0. The van der Waals surface area contributed by atoms with Crippen molar-refractivity contribution in [2.24, 2.45) is 11.7 Å². The van der Waals surface area contributed by atoms with E-state index in [0.717, 1.165) is 5.56 Å². The number of nitrogens with one attached hydrogen (secondary N) is 1. The second-order valence-corrected chi connectivity index (χ2v) is 4.86. The van der Waals surface area contributed by atoms with Crippen molar-refractivity contribution in [2.45, 2.75) is 39.8 Å². The first-order valence-corrected chi connectivity index (χ1v) is 6.05. The Balaban J connectivity index is 2.70. The monoisotopic (exact) mass is 234 g/mol. The molecule has 0 spiro atoms. The first-order valence-electron chi connectivity index (χ1n) is 6.05. The zero-order valence-corrected chi connectivity index (χ0v) is 11.0. The van der Waals surface area contributed by atoms with Crippen LogP contribution in [-0.4, -0.2) is 11.9 Å². The predicted molar refractivity (Wildman–Crippen MR) is 70.6 cm³/mol. The van der Waals surface area contributed by atoms with Crippen LogP contribution in [-0.2, 0) is 4.79 Å². The van der Waals surface area contributed by atoms with Gasteiger partial charge in [0.25, 0.3) is 0 Å². The van der Waals surface area contributed by atoms with Crippen LogP contribution in [0.15, 0.2) is 24.3 Å². The lowest BCUT2D eigenvalue weighted by molar-refractivity contribution is -0.123. The number of benzene rings is 1. The van der Waals surface area contributed by atoms with Crippen molar-refractivity contribution >= 4 is 5.91 Å². The van der Waals surface area contributed by atoms with Gasteiger partial charge in [-0.2, -0.15) is 0 Å². The Morgan fingerprint density at radius 3 is 2.35 bits per heavy atom. The van der Waals surface area contributed by atoms with Crippen molar-refractivity contribution in [1.82, 2.24) is 5.32 Å². The van der Waals surface area contributed by atoms with E-state index in [-0.39, 0.29) is 17.9 Å². The Morgan fingerprint density at radius 2 is 1.82 bits per heavy atom. The summed E-state index contributed by atoms with van der Waals surface area (Å²) in [6.07, 6.45) is 0. The summed E-state index contributed by atoms with van der Waals surface area (Å²) in [6.45, 7) is 7.92. The van der Waals surface area contributed by atoms with Gasteiger partial charge >= 0.3 is 0 Å². The molecule has 0 aliphatic heterocycles. The van der Waals surface area contributed by atoms with Crippen LogP contribution in [0.4, 0.5) is 0 Å². The van der Waals surface area contributed by atoms with Crippen LogP contribution >= 0.6 is 0 Å². The predicted octanol–water partition coefficient (Wildman–Crippen LogP) is 2.16. The number of hydrogen-bond donors (Lipinski definition) is 2. The number of nitrogens with two attached hydrogens (primary N) is 1. The molecule has 0 bridgehead atoms. The van der Waals surface area contributed by atoms with Crippen molar-refractivity contribution in [3.63, 3.8) is 0 Å². The SMILES string of the molecule is Cc1ccccc1[C@H](C)NC(=O)[C@H](N)C(C)C. The number of carbonyl (C=O) groups excluding carboxylic acids is 1. The third-order valence-corrected chi connectivity index (χ3v) is 3.03. The molecule has 0 radical (unpaired) electrons. The van der Waals surface area contributed by atoms with Crippen LogP contribution in [0.1, 0.15) is 37.9 Å². The number of hydrogen-bond acceptors (Lipinski definition) is 2. The summed E-state index contributed by atoms with van der Waals surface area (Å²) in [7, 11) is 0. The number of amides is 1. The van der Waals surface area contributed by atoms with Gasteiger partial charge in [0.05, 0.1) is 12.1 Å². The lowest BCUT2D eigenvalue weighted by Gasteiger charge is -2.21. The summed E-state index contributed by atoms with van der Waals surface area (Å²) in [5.74, 6) is 0.0647. The molecule has 0 aliphatic rings. The van der Waals surface area contributed by atoms with Crippen LogP contribution in [0.2, 0.25) is 0 Å². The van der Waals surface area contributed by atoms with E-state index in [0.29, 0.717) is 0 Å². The second-order valence-electron chi connectivity index (χ2n) is 4.86. The Bertz CT molecular complexity index is 388. The fourth-order valence-electron chi connectivity index (χ4n) is 1.76. The molecule has 3 heteroatoms. The Labute approximate surface area is 103 Å². The van der Waals surface area contributed by atoms with E-state index in [4.69, 9.17) is 5.73 Å². The maximum Gasteiger partial charge on any atom is 0.237 e. The summed E-state index contributed by atoms with van der Waals surface area (Å²) in [4.78, 5) is 11.8. The minimum Gasteiger partial charge on any atom is -0.348 e. The molecule has 1 rings (SSSR count). The Hall–Kier alpha value is -1.35. The minimum atomic E-state index is -0.443. The molecule has 0 aromatic heterocycles. The van der Waals surface area contributed by atoms with Crippen LogP contribution in [0.25, 0.3) is 0 Å².